The predicted molar refractivity (Wildman–Crippen MR) is 83.8 cm³/mol. The third-order valence-corrected chi connectivity index (χ3v) is 3.24. The molecule has 0 aliphatic rings. The molecule has 0 atom stereocenters. The van der Waals surface area contributed by atoms with Crippen molar-refractivity contribution in [2.24, 2.45) is 4.99 Å². The van der Waals surface area contributed by atoms with E-state index < -0.39 is 0 Å². The number of hydrogen-bond acceptors (Lipinski definition) is 1. The van der Waals surface area contributed by atoms with Gasteiger partial charge in [-0.1, -0.05) is 43.2 Å². The molecule has 0 spiro atoms. The molecule has 0 aliphatic heterocycles. The highest BCUT2D eigenvalue weighted by atomic mass is 15.3. The summed E-state index contributed by atoms with van der Waals surface area (Å²) in [6.45, 7) is 6.31. The van der Waals surface area contributed by atoms with E-state index in [0.29, 0.717) is 0 Å². The maximum Gasteiger partial charge on any atom is 0.193 e. The average molecular weight is 261 g/mol. The fourth-order valence-corrected chi connectivity index (χ4v) is 1.96. The molecule has 3 nitrogen and oxygen atoms in total. The first-order valence-electron chi connectivity index (χ1n) is 7.14. The van der Waals surface area contributed by atoms with Gasteiger partial charge < -0.3 is 10.2 Å². The quantitative estimate of drug-likeness (QED) is 0.630. The summed E-state index contributed by atoms with van der Waals surface area (Å²) in [7, 11) is 3.94. The lowest BCUT2D eigenvalue weighted by atomic mass is 10.1. The Kier molecular flexibility index (Phi) is 7.01. The standard InChI is InChI=1S/C16H27N3/c1-5-6-13-19(4)16(17-3)18-12-11-15-9-7-14(2)8-10-15/h7-10H,5-6,11-13H2,1-4H3,(H,17,18). The van der Waals surface area contributed by atoms with Gasteiger partial charge in [-0.15, -0.1) is 0 Å². The number of unbranched alkanes of at least 4 members (excludes halogenated alkanes) is 1. The molecule has 0 aliphatic carbocycles. The molecule has 3 heteroatoms. The monoisotopic (exact) mass is 261 g/mol. The molecule has 1 rings (SSSR count). The number of rotatable bonds is 6. The van der Waals surface area contributed by atoms with Crippen LogP contribution in [0.15, 0.2) is 29.3 Å². The third kappa shape index (κ3) is 5.77. The van der Waals surface area contributed by atoms with E-state index in [4.69, 9.17) is 0 Å². The number of hydrogen-bond donors (Lipinski definition) is 1. The Balaban J connectivity index is 2.35. The van der Waals surface area contributed by atoms with Gasteiger partial charge in [0.2, 0.25) is 0 Å². The molecule has 0 heterocycles. The lowest BCUT2D eigenvalue weighted by Gasteiger charge is -2.21. The second kappa shape index (κ2) is 8.57. The first-order valence-corrected chi connectivity index (χ1v) is 7.14. The average Bonchev–Trinajstić information content (AvgIpc) is 2.43. The van der Waals surface area contributed by atoms with Gasteiger partial charge in [0.25, 0.3) is 0 Å². The number of benzene rings is 1. The van der Waals surface area contributed by atoms with Gasteiger partial charge >= 0.3 is 0 Å². The fraction of sp³-hybridized carbons (Fsp3) is 0.562. The number of guanidine groups is 1. The minimum atomic E-state index is 0.923. The van der Waals surface area contributed by atoms with Crippen LogP contribution in [0.2, 0.25) is 0 Å². The molecule has 1 aromatic rings. The first-order chi connectivity index (χ1) is 9.17. The number of aryl methyl sites for hydroxylation is 1. The molecule has 0 bridgehead atoms. The van der Waals surface area contributed by atoms with E-state index in [1.807, 2.05) is 7.05 Å². The third-order valence-electron chi connectivity index (χ3n) is 3.24. The van der Waals surface area contributed by atoms with Crippen LogP contribution < -0.4 is 5.32 Å². The van der Waals surface area contributed by atoms with Gasteiger partial charge in [0.1, 0.15) is 0 Å². The van der Waals surface area contributed by atoms with Crippen molar-refractivity contribution in [3.63, 3.8) is 0 Å². The second-order valence-corrected chi connectivity index (χ2v) is 4.98. The first kappa shape index (κ1) is 15.5. The van der Waals surface area contributed by atoms with Crippen LogP contribution in [-0.4, -0.2) is 38.0 Å². The van der Waals surface area contributed by atoms with E-state index in [1.165, 1.54) is 24.0 Å². The molecule has 19 heavy (non-hydrogen) atoms. The zero-order valence-corrected chi connectivity index (χ0v) is 12.7. The summed E-state index contributed by atoms with van der Waals surface area (Å²) in [6, 6.07) is 8.72. The normalized spacial score (nSPS) is 11.5. The molecule has 106 valence electrons. The lowest BCUT2D eigenvalue weighted by Crippen LogP contribution is -2.40. The minimum Gasteiger partial charge on any atom is -0.356 e. The number of nitrogens with zero attached hydrogens (tertiary/aromatic N) is 2. The van der Waals surface area contributed by atoms with Crippen LogP contribution in [0.25, 0.3) is 0 Å². The Morgan fingerprint density at radius 2 is 1.95 bits per heavy atom. The van der Waals surface area contributed by atoms with Crippen LogP contribution >= 0.6 is 0 Å². The summed E-state index contributed by atoms with van der Waals surface area (Å²) in [5.41, 5.74) is 2.68. The molecular weight excluding hydrogens is 234 g/mol. The number of nitrogens with one attached hydrogen (secondary N) is 1. The van der Waals surface area contributed by atoms with Crippen molar-refractivity contribution in [2.45, 2.75) is 33.1 Å². The zero-order valence-electron chi connectivity index (χ0n) is 12.7. The van der Waals surface area contributed by atoms with Crippen LogP contribution in [0, 0.1) is 6.92 Å². The highest BCUT2D eigenvalue weighted by Gasteiger charge is 2.04. The molecule has 1 N–H and O–H groups in total. The van der Waals surface area contributed by atoms with Crippen LogP contribution in [0.5, 0.6) is 0 Å². The van der Waals surface area contributed by atoms with Crippen LogP contribution in [0.4, 0.5) is 0 Å². The van der Waals surface area contributed by atoms with Crippen molar-refractivity contribution in [2.75, 3.05) is 27.2 Å². The fourth-order valence-electron chi connectivity index (χ4n) is 1.96. The summed E-state index contributed by atoms with van der Waals surface area (Å²) in [5.74, 6) is 0.987. The van der Waals surface area contributed by atoms with Crippen LogP contribution in [0.3, 0.4) is 0 Å². The van der Waals surface area contributed by atoms with Crippen molar-refractivity contribution >= 4 is 5.96 Å². The minimum absolute atomic E-state index is 0.923. The van der Waals surface area contributed by atoms with Gasteiger partial charge in [-0.05, 0) is 25.3 Å². The Hall–Kier alpha value is -1.51. The lowest BCUT2D eigenvalue weighted by molar-refractivity contribution is 0.465. The van der Waals surface area contributed by atoms with Gasteiger partial charge in [0.05, 0.1) is 0 Å². The molecule has 0 fully saturated rings. The topological polar surface area (TPSA) is 27.6 Å². The molecular formula is C16H27N3. The molecule has 0 aromatic heterocycles. The Morgan fingerprint density at radius 3 is 2.53 bits per heavy atom. The Labute approximate surface area is 117 Å². The zero-order chi connectivity index (χ0) is 14.1. The summed E-state index contributed by atoms with van der Waals surface area (Å²) in [4.78, 5) is 6.51. The van der Waals surface area contributed by atoms with Gasteiger partial charge in [-0.3, -0.25) is 4.99 Å². The smallest absolute Gasteiger partial charge is 0.193 e. The van der Waals surface area contributed by atoms with E-state index in [0.717, 1.165) is 25.5 Å². The molecule has 0 unspecified atom stereocenters. The van der Waals surface area contributed by atoms with E-state index in [-0.39, 0.29) is 0 Å². The van der Waals surface area contributed by atoms with Gasteiger partial charge in [0.15, 0.2) is 5.96 Å². The Morgan fingerprint density at radius 1 is 1.26 bits per heavy atom. The molecule has 0 amide bonds. The van der Waals surface area contributed by atoms with Crippen LogP contribution in [0.1, 0.15) is 30.9 Å². The van der Waals surface area contributed by atoms with Crippen LogP contribution in [-0.2, 0) is 6.42 Å². The van der Waals surface area contributed by atoms with Crippen molar-refractivity contribution in [1.82, 2.24) is 10.2 Å². The summed E-state index contributed by atoms with van der Waals surface area (Å²) < 4.78 is 0. The highest BCUT2D eigenvalue weighted by Crippen LogP contribution is 2.03. The number of aliphatic imine (C=N–C) groups is 1. The van der Waals surface area contributed by atoms with Crippen molar-refractivity contribution in [1.29, 1.82) is 0 Å². The van der Waals surface area contributed by atoms with E-state index >= 15 is 0 Å². The van der Waals surface area contributed by atoms with Gasteiger partial charge in [-0.2, -0.15) is 0 Å². The summed E-state index contributed by atoms with van der Waals surface area (Å²) in [6.07, 6.45) is 3.45. The largest absolute Gasteiger partial charge is 0.356 e. The van der Waals surface area contributed by atoms with Gasteiger partial charge in [-0.25, -0.2) is 0 Å². The second-order valence-electron chi connectivity index (χ2n) is 4.98. The summed E-state index contributed by atoms with van der Waals surface area (Å²) in [5, 5.41) is 3.42. The SMILES string of the molecule is CCCCN(C)C(=NC)NCCc1ccc(C)cc1. The maximum absolute atomic E-state index is 4.32. The molecule has 0 saturated carbocycles. The van der Waals surface area contributed by atoms with Crippen molar-refractivity contribution in [3.8, 4) is 0 Å². The molecule has 1 aromatic carbocycles. The molecule has 0 saturated heterocycles. The van der Waals surface area contributed by atoms with Crippen molar-refractivity contribution in [3.05, 3.63) is 35.4 Å². The van der Waals surface area contributed by atoms with E-state index in [1.54, 1.807) is 0 Å². The maximum atomic E-state index is 4.32. The van der Waals surface area contributed by atoms with Crippen molar-refractivity contribution < 1.29 is 0 Å². The van der Waals surface area contributed by atoms with E-state index in [9.17, 15) is 0 Å². The van der Waals surface area contributed by atoms with E-state index in [2.05, 4.69) is 60.4 Å². The predicted octanol–water partition coefficient (Wildman–Crippen LogP) is 2.84. The highest BCUT2D eigenvalue weighted by molar-refractivity contribution is 5.79. The Bertz CT molecular complexity index is 381. The summed E-state index contributed by atoms with van der Waals surface area (Å²) >= 11 is 0. The van der Waals surface area contributed by atoms with Gasteiger partial charge in [0, 0.05) is 27.2 Å². The molecule has 0 radical (unpaired) electrons.